The molecule has 0 fully saturated rings. The van der Waals surface area contributed by atoms with Gasteiger partial charge < -0.3 is 16.4 Å². The lowest BCUT2D eigenvalue weighted by atomic mass is 10.1. The fraction of sp³-hybridized carbons (Fsp3) is 0.176. The summed E-state index contributed by atoms with van der Waals surface area (Å²) in [6.07, 6.45) is 3.54. The fourth-order valence-electron chi connectivity index (χ4n) is 2.35. The van der Waals surface area contributed by atoms with Crippen molar-refractivity contribution in [2.24, 2.45) is 0 Å². The third-order valence-electron chi connectivity index (χ3n) is 3.55. The number of nitrogens with zero attached hydrogens (tertiary/aromatic N) is 2. The molecule has 6 heteroatoms. The summed E-state index contributed by atoms with van der Waals surface area (Å²) in [7, 11) is 0. The highest BCUT2D eigenvalue weighted by atomic mass is 32.1. The number of aromatic nitrogens is 2. The van der Waals surface area contributed by atoms with E-state index in [0.717, 1.165) is 22.2 Å². The van der Waals surface area contributed by atoms with Gasteiger partial charge in [0.1, 0.15) is 5.82 Å². The van der Waals surface area contributed by atoms with Crippen LogP contribution in [0, 0.1) is 13.8 Å². The number of anilines is 4. The molecule has 0 saturated carbocycles. The molecular weight excluding hydrogens is 306 g/mol. The third kappa shape index (κ3) is 3.60. The normalized spacial score (nSPS) is 10.5. The van der Waals surface area contributed by atoms with Gasteiger partial charge in [-0.05, 0) is 37.1 Å². The average Bonchev–Trinajstić information content (AvgIpc) is 2.97. The van der Waals surface area contributed by atoms with Gasteiger partial charge in [0.15, 0.2) is 5.13 Å². The number of hydrogen-bond acceptors (Lipinski definition) is 6. The van der Waals surface area contributed by atoms with Gasteiger partial charge in [0, 0.05) is 23.0 Å². The maximum atomic E-state index is 5.83. The molecule has 0 aliphatic carbocycles. The Kier molecular flexibility index (Phi) is 4.43. The highest BCUT2D eigenvalue weighted by Gasteiger charge is 2.06. The molecule has 1 aromatic carbocycles. The summed E-state index contributed by atoms with van der Waals surface area (Å²) < 4.78 is 0. The first-order chi connectivity index (χ1) is 11.1. The van der Waals surface area contributed by atoms with Crippen molar-refractivity contribution in [2.75, 3.05) is 16.4 Å². The predicted molar refractivity (Wildman–Crippen MR) is 97.3 cm³/mol. The van der Waals surface area contributed by atoms with E-state index < -0.39 is 0 Å². The topological polar surface area (TPSA) is 75.9 Å². The molecule has 0 radical (unpaired) electrons. The standard InChI is InChI=1S/C17H19N5S/c1-11-5-3-6-12(2)15(11)20-9-13-10-21-17(23-13)22-14-7-4-8-19-16(14)18/h3-8,10,20H,9H2,1-2H3,(H2,18,19)(H,21,22). The van der Waals surface area contributed by atoms with Gasteiger partial charge in [0.2, 0.25) is 0 Å². The lowest BCUT2D eigenvalue weighted by molar-refractivity contribution is 1.15. The quantitative estimate of drug-likeness (QED) is 0.658. The lowest BCUT2D eigenvalue weighted by Crippen LogP contribution is -2.01. The minimum absolute atomic E-state index is 0.470. The van der Waals surface area contributed by atoms with Crippen molar-refractivity contribution in [3.05, 3.63) is 58.7 Å². The highest BCUT2D eigenvalue weighted by Crippen LogP contribution is 2.26. The van der Waals surface area contributed by atoms with Crippen LogP contribution in [0.15, 0.2) is 42.7 Å². The molecule has 3 aromatic rings. The molecule has 0 unspecified atom stereocenters. The summed E-state index contributed by atoms with van der Waals surface area (Å²) >= 11 is 1.60. The Hall–Kier alpha value is -2.60. The average molecular weight is 325 g/mol. The van der Waals surface area contributed by atoms with Crippen LogP contribution < -0.4 is 16.4 Å². The van der Waals surface area contributed by atoms with E-state index in [2.05, 4.69) is 52.6 Å². The third-order valence-corrected chi connectivity index (χ3v) is 4.47. The molecule has 0 aliphatic rings. The molecule has 0 amide bonds. The molecule has 0 saturated heterocycles. The molecule has 3 rings (SSSR count). The van der Waals surface area contributed by atoms with Crippen molar-refractivity contribution in [3.8, 4) is 0 Å². The van der Waals surface area contributed by atoms with Crippen molar-refractivity contribution in [1.82, 2.24) is 9.97 Å². The first-order valence-electron chi connectivity index (χ1n) is 7.36. The second-order valence-electron chi connectivity index (χ2n) is 5.31. The maximum absolute atomic E-state index is 5.83. The largest absolute Gasteiger partial charge is 0.382 e. The molecule has 118 valence electrons. The Bertz CT molecular complexity index is 792. The van der Waals surface area contributed by atoms with Crippen LogP contribution in [0.5, 0.6) is 0 Å². The van der Waals surface area contributed by atoms with Crippen LogP contribution in [-0.2, 0) is 6.54 Å². The van der Waals surface area contributed by atoms with Gasteiger partial charge in [-0.1, -0.05) is 29.5 Å². The number of nitrogens with one attached hydrogen (secondary N) is 2. The zero-order valence-corrected chi connectivity index (χ0v) is 13.9. The van der Waals surface area contributed by atoms with Crippen LogP contribution in [0.1, 0.15) is 16.0 Å². The van der Waals surface area contributed by atoms with E-state index in [0.29, 0.717) is 5.82 Å². The van der Waals surface area contributed by atoms with Gasteiger partial charge in [-0.3, -0.25) is 0 Å². The summed E-state index contributed by atoms with van der Waals surface area (Å²) in [4.78, 5) is 9.60. The second kappa shape index (κ2) is 6.66. The molecule has 0 bridgehead atoms. The van der Waals surface area contributed by atoms with E-state index >= 15 is 0 Å². The van der Waals surface area contributed by atoms with E-state index in [1.165, 1.54) is 16.8 Å². The van der Waals surface area contributed by atoms with Gasteiger partial charge >= 0.3 is 0 Å². The monoisotopic (exact) mass is 325 g/mol. The molecule has 5 nitrogen and oxygen atoms in total. The minimum atomic E-state index is 0.470. The number of benzene rings is 1. The number of nitrogen functional groups attached to an aromatic ring is 1. The Morgan fingerprint density at radius 3 is 2.61 bits per heavy atom. The smallest absolute Gasteiger partial charge is 0.187 e. The summed E-state index contributed by atoms with van der Waals surface area (Å²) in [5.41, 5.74) is 10.3. The summed E-state index contributed by atoms with van der Waals surface area (Å²) in [5.74, 6) is 0.470. The van der Waals surface area contributed by atoms with E-state index in [9.17, 15) is 0 Å². The zero-order chi connectivity index (χ0) is 16.2. The number of hydrogen-bond donors (Lipinski definition) is 3. The summed E-state index contributed by atoms with van der Waals surface area (Å²) in [6, 6.07) is 10.0. The SMILES string of the molecule is Cc1cccc(C)c1NCc1cnc(Nc2cccnc2N)s1. The number of nitrogens with two attached hydrogens (primary N) is 1. The molecule has 23 heavy (non-hydrogen) atoms. The van der Waals surface area contributed by atoms with Gasteiger partial charge in [-0.2, -0.15) is 0 Å². The van der Waals surface area contributed by atoms with Gasteiger partial charge in [0.05, 0.1) is 12.2 Å². The Morgan fingerprint density at radius 1 is 1.09 bits per heavy atom. The Labute approximate surface area is 139 Å². The zero-order valence-electron chi connectivity index (χ0n) is 13.1. The van der Waals surface area contributed by atoms with E-state index in [1.807, 2.05) is 18.3 Å². The van der Waals surface area contributed by atoms with Crippen molar-refractivity contribution in [1.29, 1.82) is 0 Å². The predicted octanol–water partition coefficient (Wildman–Crippen LogP) is 4.09. The van der Waals surface area contributed by atoms with Crippen LogP contribution >= 0.6 is 11.3 Å². The van der Waals surface area contributed by atoms with E-state index in [4.69, 9.17) is 5.73 Å². The Balaban J connectivity index is 1.67. The number of rotatable bonds is 5. The van der Waals surface area contributed by atoms with E-state index in [1.54, 1.807) is 17.5 Å². The molecule has 0 spiro atoms. The molecule has 2 aromatic heterocycles. The fourth-order valence-corrected chi connectivity index (χ4v) is 3.12. The lowest BCUT2D eigenvalue weighted by Gasteiger charge is -2.11. The van der Waals surface area contributed by atoms with Crippen LogP contribution in [0.3, 0.4) is 0 Å². The van der Waals surface area contributed by atoms with Crippen LogP contribution in [0.4, 0.5) is 22.3 Å². The summed E-state index contributed by atoms with van der Waals surface area (Å²) in [5, 5.41) is 7.51. The van der Waals surface area contributed by atoms with Gasteiger partial charge in [-0.15, -0.1) is 0 Å². The van der Waals surface area contributed by atoms with Crippen molar-refractivity contribution < 1.29 is 0 Å². The van der Waals surface area contributed by atoms with Gasteiger partial charge in [-0.25, -0.2) is 9.97 Å². The van der Waals surface area contributed by atoms with Crippen LogP contribution in [-0.4, -0.2) is 9.97 Å². The maximum Gasteiger partial charge on any atom is 0.187 e. The number of para-hydroxylation sites is 1. The van der Waals surface area contributed by atoms with Crippen molar-refractivity contribution in [3.63, 3.8) is 0 Å². The van der Waals surface area contributed by atoms with Gasteiger partial charge in [0.25, 0.3) is 0 Å². The molecular formula is C17H19N5S. The van der Waals surface area contributed by atoms with Crippen LogP contribution in [0.25, 0.3) is 0 Å². The first-order valence-corrected chi connectivity index (χ1v) is 8.17. The van der Waals surface area contributed by atoms with E-state index in [-0.39, 0.29) is 0 Å². The van der Waals surface area contributed by atoms with Crippen LogP contribution in [0.2, 0.25) is 0 Å². The Morgan fingerprint density at radius 2 is 1.87 bits per heavy atom. The molecule has 4 N–H and O–H groups in total. The van der Waals surface area contributed by atoms with Crippen molar-refractivity contribution >= 4 is 33.7 Å². The van der Waals surface area contributed by atoms with Crippen molar-refractivity contribution in [2.45, 2.75) is 20.4 Å². The molecule has 0 aliphatic heterocycles. The highest BCUT2D eigenvalue weighted by molar-refractivity contribution is 7.15. The number of aryl methyl sites for hydroxylation is 2. The second-order valence-corrected chi connectivity index (χ2v) is 6.43. The number of pyridine rings is 1. The molecule has 0 atom stereocenters. The number of thiazole rings is 1. The minimum Gasteiger partial charge on any atom is -0.382 e. The molecule has 2 heterocycles. The first kappa shape index (κ1) is 15.3. The summed E-state index contributed by atoms with van der Waals surface area (Å²) in [6.45, 7) is 4.97.